The number of H-pyrrole nitrogens is 1. The van der Waals surface area contributed by atoms with Crippen LogP contribution in [0.3, 0.4) is 0 Å². The Bertz CT molecular complexity index is 3290. The molecule has 4 aliphatic heterocycles. The Labute approximate surface area is 380 Å². The Morgan fingerprint density at radius 1 is 1.03 bits per heavy atom. The number of fused-ring (bicyclic) bond motifs is 6. The number of cyclic esters (lactones) is 1. The monoisotopic (exact) mass is 912 g/mol. The van der Waals surface area contributed by atoms with E-state index in [2.05, 4.69) is 20.4 Å². The molecule has 6 aromatic rings. The zero-order valence-electron chi connectivity index (χ0n) is 36.8. The number of aromatic amines is 1. The van der Waals surface area contributed by atoms with Crippen LogP contribution in [0.25, 0.3) is 39.4 Å². The zero-order chi connectivity index (χ0) is 47.0. The molecule has 0 bridgehead atoms. The molecule has 5 atom stereocenters. The first kappa shape index (κ1) is 42.3. The second-order valence-corrected chi connectivity index (χ2v) is 18.2. The Morgan fingerprint density at radius 2 is 1.81 bits per heavy atom. The van der Waals surface area contributed by atoms with Crippen molar-refractivity contribution in [3.63, 3.8) is 0 Å². The molecule has 18 nitrogen and oxygen atoms in total. The van der Waals surface area contributed by atoms with E-state index in [1.807, 2.05) is 12.1 Å². The van der Waals surface area contributed by atoms with Crippen LogP contribution < -0.4 is 16.6 Å². The van der Waals surface area contributed by atoms with E-state index in [4.69, 9.17) is 14.5 Å². The van der Waals surface area contributed by atoms with E-state index in [9.17, 15) is 39.3 Å². The Kier molecular flexibility index (Phi) is 9.51. The van der Waals surface area contributed by atoms with Gasteiger partial charge in [0.1, 0.15) is 23.9 Å². The van der Waals surface area contributed by atoms with Crippen LogP contribution in [0.1, 0.15) is 77.2 Å². The second-order valence-electron chi connectivity index (χ2n) is 18.2. The Morgan fingerprint density at radius 3 is 2.54 bits per heavy atom. The summed E-state index contributed by atoms with van der Waals surface area (Å²) < 4.78 is 29.2. The van der Waals surface area contributed by atoms with Crippen LogP contribution in [0, 0.1) is 19.7 Å². The third-order valence-corrected chi connectivity index (χ3v) is 14.5. The molecule has 11 rings (SSSR count). The summed E-state index contributed by atoms with van der Waals surface area (Å²) in [6, 6.07) is 12.5. The maximum atomic E-state index is 15.4. The quantitative estimate of drug-likeness (QED) is 0.136. The number of ether oxygens (including phenoxy) is 2. The fraction of sp³-hybridized carbons (Fsp3) is 0.354. The Balaban J connectivity index is 0.766. The summed E-state index contributed by atoms with van der Waals surface area (Å²) in [7, 11) is 0. The van der Waals surface area contributed by atoms with Gasteiger partial charge in [0.15, 0.2) is 17.5 Å². The van der Waals surface area contributed by atoms with E-state index in [-0.39, 0.29) is 71.6 Å². The number of aromatic nitrogens is 5. The number of carbonyl (C=O) groups excluding carboxylic acids is 3. The molecule has 3 aromatic heterocycles. The molecule has 344 valence electrons. The van der Waals surface area contributed by atoms with Crippen LogP contribution in [0.4, 0.5) is 9.18 Å². The predicted octanol–water partition coefficient (Wildman–Crippen LogP) is 3.98. The van der Waals surface area contributed by atoms with Gasteiger partial charge in [-0.05, 0) is 92.1 Å². The first-order chi connectivity index (χ1) is 32.1. The summed E-state index contributed by atoms with van der Waals surface area (Å²) in [4.78, 5) is 75.8. The summed E-state index contributed by atoms with van der Waals surface area (Å²) in [5.74, 6) is -1.71. The van der Waals surface area contributed by atoms with E-state index in [0.717, 1.165) is 11.1 Å². The molecular weight excluding hydrogens is 868 g/mol. The molecule has 0 saturated carbocycles. The first-order valence-corrected chi connectivity index (χ1v) is 22.2. The fourth-order valence-electron chi connectivity index (χ4n) is 10.7. The molecule has 0 radical (unpaired) electrons. The van der Waals surface area contributed by atoms with Crippen molar-refractivity contribution in [3.8, 4) is 40.0 Å². The van der Waals surface area contributed by atoms with Gasteiger partial charge < -0.3 is 39.6 Å². The van der Waals surface area contributed by atoms with Crippen LogP contribution in [0.5, 0.6) is 11.5 Å². The average Bonchev–Trinajstić information content (AvgIpc) is 3.87. The van der Waals surface area contributed by atoms with Crippen molar-refractivity contribution in [2.45, 2.75) is 96.5 Å². The number of benzene rings is 3. The molecule has 2 fully saturated rings. The number of nitrogens with one attached hydrogen (secondary N) is 2. The van der Waals surface area contributed by atoms with E-state index >= 15 is 4.39 Å². The summed E-state index contributed by atoms with van der Waals surface area (Å²) >= 11 is 0. The largest absolute Gasteiger partial charge is 0.508 e. The standard InChI is InChI=1S/C48H45FN8O10/c1-5-48(65)30-13-34-41-28(17-55(34)44(61)29(30)20-66-45(48)62)40-32(11-10-26-22(3)31(49)14-33(50-41)39(26)40)51-47(64)67-23(4)43(60)56-19-35-36(56)18-54(35)16-24-6-8-25(9-7-24)57-42(52-53-46(57)63)27-12-21(2)37(58)15-38(27)59/h6-9,12-15,23,32,35-36,58-59,65H,5,10-11,16-20H2,1-4H3,(H,51,64)(H,53,63)/t23-,32-,35?,36?,48-/m0/s1. The van der Waals surface area contributed by atoms with E-state index in [0.29, 0.717) is 82.7 Å². The number of likely N-dealkylation sites (tertiary alicyclic amines) is 2. The highest BCUT2D eigenvalue weighted by Gasteiger charge is 2.54. The molecule has 5 N–H and O–H groups in total. The SMILES string of the molecule is CC[C@@]1(O)C(=O)OCc2c1cc1n(c2=O)Cc2c-1nc1cc(F)c(C)c3c1c2[C@@H](NC(=O)O[C@@H](C)C(=O)N1CC2C1CN2Cc1ccc(-n2c(-c4cc(C)c(O)cc4O)n[nH]c2=O)cc1)CC3. The summed E-state index contributed by atoms with van der Waals surface area (Å²) in [5, 5.41) is 42.1. The number of carbonyl (C=O) groups is 3. The molecule has 2 saturated heterocycles. The zero-order valence-corrected chi connectivity index (χ0v) is 36.8. The number of phenols is 2. The van der Waals surface area contributed by atoms with Crippen molar-refractivity contribution in [2.75, 3.05) is 13.1 Å². The van der Waals surface area contributed by atoms with Crippen molar-refractivity contribution in [2.24, 2.45) is 0 Å². The number of esters is 1. The van der Waals surface area contributed by atoms with Gasteiger partial charge in [-0.25, -0.2) is 33.4 Å². The van der Waals surface area contributed by atoms with E-state index in [1.165, 1.54) is 28.2 Å². The number of aliphatic hydroxyl groups is 1. The number of hydrogen-bond donors (Lipinski definition) is 5. The summed E-state index contributed by atoms with van der Waals surface area (Å²) in [6.45, 7) is 7.99. The number of aryl methyl sites for hydroxylation is 2. The molecule has 5 aliphatic rings. The van der Waals surface area contributed by atoms with Crippen molar-refractivity contribution in [1.82, 2.24) is 39.4 Å². The summed E-state index contributed by atoms with van der Waals surface area (Å²) in [6.07, 6.45) is -1.14. The topological polar surface area (TPSA) is 234 Å². The third kappa shape index (κ3) is 6.31. The van der Waals surface area contributed by atoms with Gasteiger partial charge in [0.05, 0.1) is 52.3 Å². The number of phenolic OH excluding ortho intramolecular Hbond substituents is 2. The van der Waals surface area contributed by atoms with Crippen LogP contribution in [-0.2, 0) is 50.8 Å². The molecule has 19 heteroatoms. The lowest BCUT2D eigenvalue weighted by molar-refractivity contribution is -0.174. The second kappa shape index (κ2) is 15.1. The minimum Gasteiger partial charge on any atom is -0.508 e. The number of piperazine rings is 1. The summed E-state index contributed by atoms with van der Waals surface area (Å²) in [5.41, 5.74) is 3.24. The van der Waals surface area contributed by atoms with Gasteiger partial charge in [-0.2, -0.15) is 5.10 Å². The molecule has 2 amide bonds. The normalized spacial score (nSPS) is 21.6. The fourth-order valence-corrected chi connectivity index (χ4v) is 10.7. The van der Waals surface area contributed by atoms with Crippen LogP contribution in [0.2, 0.25) is 0 Å². The van der Waals surface area contributed by atoms with E-state index in [1.54, 1.807) is 49.9 Å². The van der Waals surface area contributed by atoms with Gasteiger partial charge in [0.25, 0.3) is 11.5 Å². The number of hydrogen-bond acceptors (Lipinski definition) is 13. The van der Waals surface area contributed by atoms with Gasteiger partial charge in [-0.1, -0.05) is 19.1 Å². The van der Waals surface area contributed by atoms with Crippen LogP contribution in [0.15, 0.2) is 58.1 Å². The lowest BCUT2D eigenvalue weighted by Crippen LogP contribution is -2.79. The van der Waals surface area contributed by atoms with Gasteiger partial charge >= 0.3 is 17.8 Å². The van der Waals surface area contributed by atoms with Gasteiger partial charge in [0, 0.05) is 54.3 Å². The predicted molar refractivity (Wildman–Crippen MR) is 237 cm³/mol. The first-order valence-electron chi connectivity index (χ1n) is 22.2. The smallest absolute Gasteiger partial charge is 0.408 e. The molecule has 3 aromatic carbocycles. The minimum absolute atomic E-state index is 0.0266. The number of alkyl carbamates (subject to hydrolysis) is 1. The van der Waals surface area contributed by atoms with Gasteiger partial charge in [0.2, 0.25) is 0 Å². The molecular formula is C48H45FN8O10. The lowest BCUT2D eigenvalue weighted by atomic mass is 9.81. The number of nitrogens with zero attached hydrogens (tertiary/aromatic N) is 6. The maximum Gasteiger partial charge on any atom is 0.408 e. The molecule has 1 aliphatic carbocycles. The average molecular weight is 913 g/mol. The van der Waals surface area contributed by atoms with E-state index < -0.39 is 46.9 Å². The Hall–Kier alpha value is -7.38. The number of rotatable bonds is 8. The highest BCUT2D eigenvalue weighted by atomic mass is 19.1. The number of aromatic hydroxyl groups is 2. The third-order valence-electron chi connectivity index (χ3n) is 14.5. The van der Waals surface area contributed by atoms with Crippen LogP contribution in [-0.4, -0.2) is 98.7 Å². The maximum absolute atomic E-state index is 15.4. The van der Waals surface area contributed by atoms with Gasteiger partial charge in [-0.15, -0.1) is 0 Å². The van der Waals surface area contributed by atoms with Crippen LogP contribution >= 0.6 is 0 Å². The highest BCUT2D eigenvalue weighted by molar-refractivity contribution is 5.94. The van der Waals surface area contributed by atoms with Crippen molar-refractivity contribution in [3.05, 3.63) is 120 Å². The lowest BCUT2D eigenvalue weighted by Gasteiger charge is -2.62. The van der Waals surface area contributed by atoms with Gasteiger partial charge in [-0.3, -0.25) is 14.5 Å². The van der Waals surface area contributed by atoms with Crippen molar-refractivity contribution < 1.29 is 43.6 Å². The molecule has 0 spiro atoms. The number of pyridine rings is 2. The minimum atomic E-state index is -2.03. The van der Waals surface area contributed by atoms with Crippen molar-refractivity contribution in [1.29, 1.82) is 0 Å². The number of amides is 2. The molecule has 67 heavy (non-hydrogen) atoms. The highest BCUT2D eigenvalue weighted by Crippen LogP contribution is 2.46. The van der Waals surface area contributed by atoms with Crippen molar-refractivity contribution >= 4 is 28.9 Å². The molecule has 2 unspecified atom stereocenters. The molecule has 7 heterocycles. The number of halogens is 1.